The number of fused-ring (bicyclic) bond motifs is 1. The molecule has 2 saturated heterocycles. The van der Waals surface area contributed by atoms with Crippen LogP contribution in [0.2, 0.25) is 0 Å². The van der Waals surface area contributed by atoms with Gasteiger partial charge in [-0.25, -0.2) is 9.52 Å². The summed E-state index contributed by atoms with van der Waals surface area (Å²) in [6.07, 6.45) is -0.434. The van der Waals surface area contributed by atoms with E-state index in [4.69, 9.17) is 4.74 Å². The topological polar surface area (TPSA) is 87.7 Å². The van der Waals surface area contributed by atoms with Crippen LogP contribution in [0.1, 0.15) is 20.3 Å². The summed E-state index contributed by atoms with van der Waals surface area (Å²) in [6.45, 7) is 5.27. The Balaban J connectivity index is 2.00. The molecule has 2 N–H and O–H groups in total. The van der Waals surface area contributed by atoms with E-state index in [1.807, 2.05) is 4.72 Å². The van der Waals surface area contributed by atoms with Gasteiger partial charge in [0.25, 0.3) is 0 Å². The van der Waals surface area contributed by atoms with Gasteiger partial charge in [-0.05, 0) is 32.7 Å². The largest absolute Gasteiger partial charge is 0.446 e. The number of hydrogen-bond acceptors (Lipinski definition) is 5. The lowest BCUT2D eigenvalue weighted by Gasteiger charge is -2.22. The van der Waals surface area contributed by atoms with Gasteiger partial charge in [-0.15, -0.1) is 0 Å². The molecule has 0 bridgehead atoms. The second kappa shape index (κ2) is 5.02. The molecule has 0 saturated carbocycles. The molecule has 104 valence electrons. The van der Waals surface area contributed by atoms with Crippen molar-refractivity contribution in [1.82, 2.24) is 14.3 Å². The van der Waals surface area contributed by atoms with Crippen molar-refractivity contribution in [3.8, 4) is 0 Å². The number of rotatable bonds is 3. The molecule has 0 aromatic carbocycles. The summed E-state index contributed by atoms with van der Waals surface area (Å²) in [7, 11) is -3.79. The lowest BCUT2D eigenvalue weighted by molar-refractivity contribution is 0.121. The Labute approximate surface area is 107 Å². The molecule has 1 amide bonds. The van der Waals surface area contributed by atoms with Crippen LogP contribution in [0.4, 0.5) is 4.79 Å². The highest BCUT2D eigenvalue weighted by Gasteiger charge is 2.44. The number of ether oxygens (including phenoxy) is 1. The zero-order valence-corrected chi connectivity index (χ0v) is 11.4. The van der Waals surface area contributed by atoms with E-state index < -0.39 is 16.3 Å². The van der Waals surface area contributed by atoms with E-state index in [1.54, 1.807) is 13.8 Å². The van der Waals surface area contributed by atoms with Crippen molar-refractivity contribution in [3.63, 3.8) is 0 Å². The lowest BCUT2D eigenvalue weighted by atomic mass is 10.1. The summed E-state index contributed by atoms with van der Waals surface area (Å²) in [6, 6.07) is -0.0469. The minimum atomic E-state index is -3.79. The highest BCUT2D eigenvalue weighted by molar-refractivity contribution is 7.87. The van der Waals surface area contributed by atoms with Crippen molar-refractivity contribution in [1.29, 1.82) is 0 Å². The molecule has 18 heavy (non-hydrogen) atoms. The molecule has 2 rings (SSSR count). The molecule has 2 aliphatic rings. The minimum Gasteiger partial charge on any atom is -0.446 e. The molecule has 2 heterocycles. The summed E-state index contributed by atoms with van der Waals surface area (Å²) in [5.74, 6) is 0.350. The van der Waals surface area contributed by atoms with Gasteiger partial charge in [0.05, 0.1) is 6.10 Å². The first-order valence-corrected chi connectivity index (χ1v) is 7.55. The van der Waals surface area contributed by atoms with Gasteiger partial charge < -0.3 is 10.1 Å². The third-order valence-electron chi connectivity index (χ3n) is 3.26. The summed E-state index contributed by atoms with van der Waals surface area (Å²) in [5.41, 5.74) is 0. The van der Waals surface area contributed by atoms with E-state index in [2.05, 4.69) is 5.32 Å². The first kappa shape index (κ1) is 13.6. The molecule has 0 aromatic rings. The Hall–Kier alpha value is -0.860. The van der Waals surface area contributed by atoms with E-state index in [0.29, 0.717) is 19.0 Å². The van der Waals surface area contributed by atoms with Crippen molar-refractivity contribution in [2.75, 3.05) is 19.6 Å². The van der Waals surface area contributed by atoms with Gasteiger partial charge >= 0.3 is 16.3 Å². The standard InChI is InChI=1S/C10H19N3O4S/c1-7(2)17-10(14)12-18(15,16)13-4-3-8-5-11-6-9(8)13/h7-9,11H,3-6H2,1-2H3,(H,12,14)/t8-,9+/m0/s1. The van der Waals surface area contributed by atoms with Crippen LogP contribution in [-0.2, 0) is 14.9 Å². The average molecular weight is 277 g/mol. The van der Waals surface area contributed by atoms with Crippen LogP contribution in [0.5, 0.6) is 0 Å². The van der Waals surface area contributed by atoms with Gasteiger partial charge in [0.15, 0.2) is 0 Å². The number of hydrogen-bond donors (Lipinski definition) is 2. The van der Waals surface area contributed by atoms with E-state index in [1.165, 1.54) is 4.31 Å². The van der Waals surface area contributed by atoms with E-state index in [9.17, 15) is 13.2 Å². The molecule has 2 atom stereocenters. The highest BCUT2D eigenvalue weighted by Crippen LogP contribution is 2.28. The third kappa shape index (κ3) is 2.76. The Morgan fingerprint density at radius 3 is 2.83 bits per heavy atom. The summed E-state index contributed by atoms with van der Waals surface area (Å²) < 4.78 is 32.2. The van der Waals surface area contributed by atoms with Gasteiger partial charge in [0, 0.05) is 19.1 Å². The second-order valence-electron chi connectivity index (χ2n) is 4.95. The molecule has 0 aromatic heterocycles. The molecule has 0 spiro atoms. The Kier molecular flexibility index (Phi) is 3.79. The monoisotopic (exact) mass is 277 g/mol. The normalized spacial score (nSPS) is 28.4. The van der Waals surface area contributed by atoms with Crippen LogP contribution < -0.4 is 10.0 Å². The van der Waals surface area contributed by atoms with Gasteiger partial charge in [0.2, 0.25) is 0 Å². The fraction of sp³-hybridized carbons (Fsp3) is 0.900. The zero-order valence-electron chi connectivity index (χ0n) is 10.5. The van der Waals surface area contributed by atoms with Gasteiger partial charge in [-0.3, -0.25) is 0 Å². The van der Waals surface area contributed by atoms with Crippen molar-refractivity contribution in [2.24, 2.45) is 5.92 Å². The molecule has 8 heteroatoms. The lowest BCUT2D eigenvalue weighted by Crippen LogP contribution is -2.47. The fourth-order valence-corrected chi connectivity index (χ4v) is 3.84. The first-order chi connectivity index (χ1) is 8.40. The smallest absolute Gasteiger partial charge is 0.422 e. The van der Waals surface area contributed by atoms with Gasteiger partial charge in [0.1, 0.15) is 0 Å². The summed E-state index contributed by atoms with van der Waals surface area (Å²) in [5, 5.41) is 3.16. The molecular weight excluding hydrogens is 258 g/mol. The van der Waals surface area contributed by atoms with Gasteiger partial charge in [-0.1, -0.05) is 0 Å². The first-order valence-electron chi connectivity index (χ1n) is 6.11. The zero-order chi connectivity index (χ0) is 13.3. The average Bonchev–Trinajstić information content (AvgIpc) is 2.73. The molecule has 0 unspecified atom stereocenters. The van der Waals surface area contributed by atoms with Crippen LogP contribution in [0, 0.1) is 5.92 Å². The molecule has 2 fully saturated rings. The quantitative estimate of drug-likeness (QED) is 0.737. The number of carbonyl (C=O) groups is 1. The maximum Gasteiger partial charge on any atom is 0.422 e. The van der Waals surface area contributed by atoms with Crippen LogP contribution >= 0.6 is 0 Å². The number of nitrogens with zero attached hydrogens (tertiary/aromatic N) is 1. The van der Waals surface area contributed by atoms with Crippen molar-refractivity contribution in [2.45, 2.75) is 32.4 Å². The van der Waals surface area contributed by atoms with Crippen LogP contribution in [0.25, 0.3) is 0 Å². The van der Waals surface area contributed by atoms with Crippen molar-refractivity contribution >= 4 is 16.3 Å². The summed E-state index contributed by atoms with van der Waals surface area (Å²) >= 11 is 0. The highest BCUT2D eigenvalue weighted by atomic mass is 32.2. The molecule has 7 nitrogen and oxygen atoms in total. The van der Waals surface area contributed by atoms with Crippen LogP contribution in [0.3, 0.4) is 0 Å². The predicted octanol–water partition coefficient (Wildman–Crippen LogP) is -0.340. The Bertz CT molecular complexity index is 423. The Morgan fingerprint density at radius 1 is 1.44 bits per heavy atom. The summed E-state index contributed by atoms with van der Waals surface area (Å²) in [4.78, 5) is 11.4. The predicted molar refractivity (Wildman–Crippen MR) is 65.1 cm³/mol. The van der Waals surface area contributed by atoms with Gasteiger partial charge in [-0.2, -0.15) is 12.7 Å². The molecule has 0 radical (unpaired) electrons. The minimum absolute atomic E-state index is 0.0469. The number of carbonyl (C=O) groups excluding carboxylic acids is 1. The SMILES string of the molecule is CC(C)OC(=O)NS(=O)(=O)N1CC[C@H]2CNC[C@H]21. The van der Waals surface area contributed by atoms with E-state index in [0.717, 1.165) is 13.0 Å². The van der Waals surface area contributed by atoms with Crippen LogP contribution in [-0.4, -0.2) is 50.6 Å². The Morgan fingerprint density at radius 2 is 2.17 bits per heavy atom. The van der Waals surface area contributed by atoms with Crippen LogP contribution in [0.15, 0.2) is 0 Å². The second-order valence-corrected chi connectivity index (χ2v) is 6.57. The van der Waals surface area contributed by atoms with Crippen molar-refractivity contribution < 1.29 is 17.9 Å². The maximum atomic E-state index is 12.1. The van der Waals surface area contributed by atoms with E-state index >= 15 is 0 Å². The molecular formula is C10H19N3O4S. The number of amides is 1. The van der Waals surface area contributed by atoms with Crippen molar-refractivity contribution in [3.05, 3.63) is 0 Å². The van der Waals surface area contributed by atoms with E-state index in [-0.39, 0.29) is 12.1 Å². The maximum absolute atomic E-state index is 12.1. The number of nitrogens with one attached hydrogen (secondary N) is 2. The third-order valence-corrected chi connectivity index (χ3v) is 4.75. The fourth-order valence-electron chi connectivity index (χ4n) is 2.51. The molecule has 2 aliphatic heterocycles. The molecule has 0 aliphatic carbocycles.